The van der Waals surface area contributed by atoms with Crippen LogP contribution in [-0.4, -0.2) is 16.5 Å². The second-order valence-corrected chi connectivity index (χ2v) is 3.46. The molecule has 0 spiro atoms. The summed E-state index contributed by atoms with van der Waals surface area (Å²) in [6.45, 7) is 10.6. The summed E-state index contributed by atoms with van der Waals surface area (Å²) >= 11 is 0. The van der Waals surface area contributed by atoms with E-state index in [9.17, 15) is 0 Å². The Labute approximate surface area is 85.3 Å². The maximum Gasteiger partial charge on any atom is 0.130 e. The van der Waals surface area contributed by atoms with Crippen LogP contribution in [-0.2, 0) is 6.42 Å². The molecule has 0 fully saturated rings. The quantitative estimate of drug-likeness (QED) is 0.742. The van der Waals surface area contributed by atoms with E-state index in [4.69, 9.17) is 0 Å². The molecule has 1 aromatic rings. The molecule has 0 amide bonds. The lowest BCUT2D eigenvalue weighted by atomic mass is 10.3. The van der Waals surface area contributed by atoms with Crippen molar-refractivity contribution in [2.75, 3.05) is 11.9 Å². The summed E-state index contributed by atoms with van der Waals surface area (Å²) in [7, 11) is 0. The Balaban J connectivity index is 2.76. The van der Waals surface area contributed by atoms with E-state index in [0.717, 1.165) is 35.9 Å². The fraction of sp³-hybridized carbons (Fsp3) is 0.455. The summed E-state index contributed by atoms with van der Waals surface area (Å²) < 4.78 is 0. The molecule has 3 nitrogen and oxygen atoms in total. The summed E-state index contributed by atoms with van der Waals surface area (Å²) in [6.07, 6.45) is 0.936. The molecule has 0 unspecified atom stereocenters. The predicted molar refractivity (Wildman–Crippen MR) is 59.5 cm³/mol. The Morgan fingerprint density at radius 3 is 2.79 bits per heavy atom. The van der Waals surface area contributed by atoms with Gasteiger partial charge in [0.15, 0.2) is 0 Å². The van der Waals surface area contributed by atoms with Crippen LogP contribution in [0.25, 0.3) is 0 Å². The molecule has 76 valence electrons. The Morgan fingerprint density at radius 1 is 1.50 bits per heavy atom. The van der Waals surface area contributed by atoms with E-state index in [1.807, 2.05) is 19.9 Å². The maximum absolute atomic E-state index is 4.31. The summed E-state index contributed by atoms with van der Waals surface area (Å²) in [5.41, 5.74) is 2.17. The summed E-state index contributed by atoms with van der Waals surface area (Å²) in [5.74, 6) is 1.70. The van der Waals surface area contributed by atoms with Crippen molar-refractivity contribution < 1.29 is 0 Å². The summed E-state index contributed by atoms with van der Waals surface area (Å²) in [5, 5.41) is 3.21. The average molecular weight is 191 g/mol. The monoisotopic (exact) mass is 191 g/mol. The molecule has 1 heterocycles. The van der Waals surface area contributed by atoms with Gasteiger partial charge >= 0.3 is 0 Å². The first kappa shape index (κ1) is 10.7. The molecule has 0 aliphatic carbocycles. The van der Waals surface area contributed by atoms with Crippen molar-refractivity contribution >= 4 is 5.82 Å². The van der Waals surface area contributed by atoms with Gasteiger partial charge < -0.3 is 5.32 Å². The molecule has 1 N–H and O–H groups in total. The number of hydrogen-bond donors (Lipinski definition) is 1. The minimum atomic E-state index is 0.763. The van der Waals surface area contributed by atoms with Gasteiger partial charge in [-0.05, 0) is 20.3 Å². The third-order valence-corrected chi connectivity index (χ3v) is 1.82. The lowest BCUT2D eigenvalue weighted by Gasteiger charge is -2.07. The Kier molecular flexibility index (Phi) is 3.63. The topological polar surface area (TPSA) is 37.8 Å². The number of hydrogen-bond acceptors (Lipinski definition) is 3. The van der Waals surface area contributed by atoms with Gasteiger partial charge in [-0.1, -0.05) is 19.1 Å². The minimum absolute atomic E-state index is 0.763. The Bertz CT molecular complexity index is 331. The van der Waals surface area contributed by atoms with Crippen LogP contribution in [0.3, 0.4) is 0 Å². The highest BCUT2D eigenvalue weighted by Gasteiger charge is 1.99. The first-order chi connectivity index (χ1) is 6.61. The molecule has 0 radical (unpaired) electrons. The molecule has 0 aliphatic rings. The van der Waals surface area contributed by atoms with Crippen molar-refractivity contribution in [3.63, 3.8) is 0 Å². The van der Waals surface area contributed by atoms with Crippen molar-refractivity contribution in [3.05, 3.63) is 29.7 Å². The minimum Gasteiger partial charge on any atom is -0.366 e. The van der Waals surface area contributed by atoms with Crippen LogP contribution in [0, 0.1) is 6.92 Å². The molecule has 0 atom stereocenters. The van der Waals surface area contributed by atoms with Crippen LogP contribution in [0.1, 0.15) is 25.4 Å². The fourth-order valence-electron chi connectivity index (χ4n) is 1.14. The summed E-state index contributed by atoms with van der Waals surface area (Å²) in [4.78, 5) is 8.60. The van der Waals surface area contributed by atoms with Crippen molar-refractivity contribution in [1.29, 1.82) is 0 Å². The third-order valence-electron chi connectivity index (χ3n) is 1.82. The van der Waals surface area contributed by atoms with Crippen LogP contribution >= 0.6 is 0 Å². The van der Waals surface area contributed by atoms with Crippen molar-refractivity contribution in [2.24, 2.45) is 0 Å². The predicted octanol–water partition coefficient (Wildman–Crippen LogP) is 2.34. The number of nitrogens with zero attached hydrogens (tertiary/aromatic N) is 2. The number of aromatic nitrogens is 2. The highest BCUT2D eigenvalue weighted by atomic mass is 15.0. The van der Waals surface area contributed by atoms with Gasteiger partial charge in [0.05, 0.1) is 0 Å². The van der Waals surface area contributed by atoms with Gasteiger partial charge in [-0.2, -0.15) is 0 Å². The number of anilines is 1. The van der Waals surface area contributed by atoms with E-state index < -0.39 is 0 Å². The van der Waals surface area contributed by atoms with Crippen molar-refractivity contribution in [2.45, 2.75) is 27.2 Å². The van der Waals surface area contributed by atoms with Gasteiger partial charge in [0, 0.05) is 18.3 Å². The second kappa shape index (κ2) is 4.74. The van der Waals surface area contributed by atoms with Crippen LogP contribution < -0.4 is 5.32 Å². The smallest absolute Gasteiger partial charge is 0.130 e. The zero-order valence-electron chi connectivity index (χ0n) is 9.09. The molecule has 0 aliphatic heterocycles. The number of nitrogens with one attached hydrogen (secondary N) is 1. The lowest BCUT2D eigenvalue weighted by Crippen LogP contribution is -2.06. The average Bonchev–Trinajstić information content (AvgIpc) is 2.14. The van der Waals surface area contributed by atoms with Gasteiger partial charge in [0.25, 0.3) is 0 Å². The van der Waals surface area contributed by atoms with E-state index in [2.05, 4.69) is 28.8 Å². The van der Waals surface area contributed by atoms with Crippen LogP contribution in [0.15, 0.2) is 18.2 Å². The molecule has 0 saturated carbocycles. The highest BCUT2D eigenvalue weighted by molar-refractivity contribution is 5.37. The van der Waals surface area contributed by atoms with E-state index in [1.54, 1.807) is 0 Å². The summed E-state index contributed by atoms with van der Waals surface area (Å²) in [6, 6.07) is 1.98. The van der Waals surface area contributed by atoms with Gasteiger partial charge in [0.2, 0.25) is 0 Å². The van der Waals surface area contributed by atoms with E-state index >= 15 is 0 Å². The molecule has 3 heteroatoms. The van der Waals surface area contributed by atoms with Gasteiger partial charge in [-0.25, -0.2) is 9.97 Å². The molecule has 1 aromatic heterocycles. The van der Waals surface area contributed by atoms with Crippen molar-refractivity contribution in [1.82, 2.24) is 9.97 Å². The SMILES string of the molecule is C=C(C)CNc1cc(CC)nc(C)n1. The number of aryl methyl sites for hydroxylation is 2. The molecule has 0 saturated heterocycles. The van der Waals surface area contributed by atoms with Gasteiger partial charge in [-0.15, -0.1) is 0 Å². The largest absolute Gasteiger partial charge is 0.366 e. The lowest BCUT2D eigenvalue weighted by molar-refractivity contribution is 0.946. The first-order valence-corrected chi connectivity index (χ1v) is 4.84. The first-order valence-electron chi connectivity index (χ1n) is 4.84. The Hall–Kier alpha value is -1.38. The molecular weight excluding hydrogens is 174 g/mol. The van der Waals surface area contributed by atoms with E-state index in [-0.39, 0.29) is 0 Å². The molecule has 0 bridgehead atoms. The van der Waals surface area contributed by atoms with Gasteiger partial charge in [0.1, 0.15) is 11.6 Å². The standard InChI is InChI=1S/C11H17N3/c1-5-10-6-11(12-7-8(2)3)14-9(4)13-10/h6H,2,5,7H2,1,3-4H3,(H,12,13,14). The van der Waals surface area contributed by atoms with E-state index in [1.165, 1.54) is 0 Å². The van der Waals surface area contributed by atoms with Crippen LogP contribution in [0.5, 0.6) is 0 Å². The zero-order chi connectivity index (χ0) is 10.6. The molecule has 1 rings (SSSR count). The van der Waals surface area contributed by atoms with Gasteiger partial charge in [-0.3, -0.25) is 0 Å². The normalized spacial score (nSPS) is 9.93. The highest BCUT2D eigenvalue weighted by Crippen LogP contribution is 2.07. The molecular formula is C11H17N3. The van der Waals surface area contributed by atoms with E-state index in [0.29, 0.717) is 0 Å². The van der Waals surface area contributed by atoms with Crippen LogP contribution in [0.4, 0.5) is 5.82 Å². The maximum atomic E-state index is 4.31. The molecule has 14 heavy (non-hydrogen) atoms. The zero-order valence-corrected chi connectivity index (χ0v) is 9.09. The third kappa shape index (κ3) is 3.17. The Morgan fingerprint density at radius 2 is 2.21 bits per heavy atom. The second-order valence-electron chi connectivity index (χ2n) is 3.46. The van der Waals surface area contributed by atoms with Crippen LogP contribution in [0.2, 0.25) is 0 Å². The molecule has 0 aromatic carbocycles. The fourth-order valence-corrected chi connectivity index (χ4v) is 1.14. The van der Waals surface area contributed by atoms with Crippen molar-refractivity contribution in [3.8, 4) is 0 Å². The number of rotatable bonds is 4.